The van der Waals surface area contributed by atoms with Crippen LogP contribution in [0.3, 0.4) is 0 Å². The first-order valence-electron chi connectivity index (χ1n) is 8.20. The molecule has 0 aliphatic carbocycles. The number of hydrogen-bond acceptors (Lipinski definition) is 3. The summed E-state index contributed by atoms with van der Waals surface area (Å²) in [6.45, 7) is 2.97. The van der Waals surface area contributed by atoms with Gasteiger partial charge in [0.2, 0.25) is 0 Å². The van der Waals surface area contributed by atoms with E-state index in [0.717, 1.165) is 16.9 Å². The van der Waals surface area contributed by atoms with Crippen LogP contribution in [0.4, 0.5) is 4.79 Å². The second-order valence-electron chi connectivity index (χ2n) is 6.13. The third-order valence-corrected chi connectivity index (χ3v) is 4.06. The Morgan fingerprint density at radius 1 is 1.29 bits per heavy atom. The lowest BCUT2D eigenvalue weighted by Crippen LogP contribution is -3.09. The molecule has 1 saturated heterocycles. The summed E-state index contributed by atoms with van der Waals surface area (Å²) >= 11 is 0. The Labute approximate surface area is 142 Å². The largest absolute Gasteiger partial charge is 0.355 e. The molecule has 1 heterocycles. The maximum absolute atomic E-state index is 12.2. The molecule has 1 aromatic rings. The first-order chi connectivity index (χ1) is 11.5. The van der Waals surface area contributed by atoms with Gasteiger partial charge in [-0.2, -0.15) is 0 Å². The van der Waals surface area contributed by atoms with Gasteiger partial charge in [0.05, 0.1) is 7.05 Å². The molecule has 1 aliphatic rings. The first kappa shape index (κ1) is 17.9. The fourth-order valence-corrected chi connectivity index (χ4v) is 2.80. The molecule has 3 N–H and O–H groups in total. The lowest BCUT2D eigenvalue weighted by molar-refractivity contribution is -0.901. The standard InChI is InChI=1S/C17H24N4O3/c1-4-5-14-16(23)21(17(24)19-14)11-20(3)10-12-6-8-13(9-7-12)15(22)18-2/h6-9,14H,4-5,10-11H2,1-3H3,(H,18,22)(H,19,24)/p+1/t14-/m0/s1. The molecule has 2 atom stereocenters. The van der Waals surface area contributed by atoms with Crippen molar-refractivity contribution in [1.29, 1.82) is 0 Å². The van der Waals surface area contributed by atoms with Crippen LogP contribution in [0.15, 0.2) is 24.3 Å². The summed E-state index contributed by atoms with van der Waals surface area (Å²) in [4.78, 5) is 38.0. The minimum Gasteiger partial charge on any atom is -0.355 e. The van der Waals surface area contributed by atoms with Crippen molar-refractivity contribution in [2.24, 2.45) is 0 Å². The summed E-state index contributed by atoms with van der Waals surface area (Å²) < 4.78 is 0. The Morgan fingerprint density at radius 2 is 1.96 bits per heavy atom. The van der Waals surface area contributed by atoms with Gasteiger partial charge in [0.1, 0.15) is 12.6 Å². The lowest BCUT2D eigenvalue weighted by Gasteiger charge is -2.19. The normalized spacial score (nSPS) is 18.5. The van der Waals surface area contributed by atoms with Crippen LogP contribution in [0.25, 0.3) is 0 Å². The summed E-state index contributed by atoms with van der Waals surface area (Å²) in [6, 6.07) is 6.62. The Balaban J connectivity index is 1.93. The maximum atomic E-state index is 12.2. The molecule has 1 fully saturated rings. The van der Waals surface area contributed by atoms with Crippen LogP contribution in [0, 0.1) is 0 Å². The first-order valence-corrected chi connectivity index (χ1v) is 8.20. The summed E-state index contributed by atoms with van der Waals surface area (Å²) in [5.74, 6) is -0.264. The van der Waals surface area contributed by atoms with Crippen LogP contribution >= 0.6 is 0 Å². The highest BCUT2D eigenvalue weighted by Crippen LogP contribution is 2.09. The molecule has 1 aromatic carbocycles. The second-order valence-corrected chi connectivity index (χ2v) is 6.13. The number of benzene rings is 1. The second kappa shape index (κ2) is 7.92. The predicted molar refractivity (Wildman–Crippen MR) is 89.4 cm³/mol. The highest BCUT2D eigenvalue weighted by Gasteiger charge is 2.38. The van der Waals surface area contributed by atoms with E-state index in [1.165, 1.54) is 4.90 Å². The molecule has 24 heavy (non-hydrogen) atoms. The number of amides is 4. The van der Waals surface area contributed by atoms with E-state index in [4.69, 9.17) is 0 Å². The molecule has 7 heteroatoms. The van der Waals surface area contributed by atoms with Crippen molar-refractivity contribution in [2.75, 3.05) is 20.8 Å². The minimum absolute atomic E-state index is 0.122. The predicted octanol–water partition coefficient (Wildman–Crippen LogP) is -0.261. The third-order valence-electron chi connectivity index (χ3n) is 4.06. The number of urea groups is 1. The van der Waals surface area contributed by atoms with Crippen LogP contribution in [0.5, 0.6) is 0 Å². The van der Waals surface area contributed by atoms with E-state index in [2.05, 4.69) is 10.6 Å². The fourth-order valence-electron chi connectivity index (χ4n) is 2.80. The van der Waals surface area contributed by atoms with Crippen LogP contribution in [-0.2, 0) is 11.3 Å². The summed E-state index contributed by atoms with van der Waals surface area (Å²) in [7, 11) is 3.53. The van der Waals surface area contributed by atoms with E-state index >= 15 is 0 Å². The van der Waals surface area contributed by atoms with Gasteiger partial charge < -0.3 is 15.5 Å². The highest BCUT2D eigenvalue weighted by molar-refractivity contribution is 6.04. The lowest BCUT2D eigenvalue weighted by atomic mass is 10.1. The smallest absolute Gasteiger partial charge is 0.329 e. The molecule has 7 nitrogen and oxygen atoms in total. The van der Waals surface area contributed by atoms with E-state index in [9.17, 15) is 14.4 Å². The van der Waals surface area contributed by atoms with Crippen LogP contribution in [0.1, 0.15) is 35.7 Å². The van der Waals surface area contributed by atoms with Gasteiger partial charge in [-0.25, -0.2) is 9.69 Å². The Kier molecular flexibility index (Phi) is 5.92. The van der Waals surface area contributed by atoms with Crippen molar-refractivity contribution < 1.29 is 19.3 Å². The average molecular weight is 333 g/mol. The van der Waals surface area contributed by atoms with Crippen molar-refractivity contribution >= 4 is 17.8 Å². The summed E-state index contributed by atoms with van der Waals surface area (Å²) in [6.07, 6.45) is 1.52. The van der Waals surface area contributed by atoms with Gasteiger partial charge in [-0.05, 0) is 18.6 Å². The zero-order valence-corrected chi connectivity index (χ0v) is 14.4. The van der Waals surface area contributed by atoms with Gasteiger partial charge in [-0.3, -0.25) is 9.59 Å². The summed E-state index contributed by atoms with van der Waals surface area (Å²) in [5.41, 5.74) is 1.65. The van der Waals surface area contributed by atoms with E-state index in [0.29, 0.717) is 25.2 Å². The molecule has 0 spiro atoms. The van der Waals surface area contributed by atoms with Crippen LogP contribution in [0.2, 0.25) is 0 Å². The molecule has 2 rings (SSSR count). The molecule has 0 bridgehead atoms. The van der Waals surface area contributed by atoms with E-state index in [1.807, 2.05) is 26.1 Å². The number of carbonyl (C=O) groups excluding carboxylic acids is 3. The van der Waals surface area contributed by atoms with Crippen molar-refractivity contribution in [3.05, 3.63) is 35.4 Å². The van der Waals surface area contributed by atoms with Crippen LogP contribution in [-0.4, -0.2) is 49.6 Å². The molecule has 130 valence electrons. The fraction of sp³-hybridized carbons (Fsp3) is 0.471. The number of carbonyl (C=O) groups is 3. The molecule has 1 aliphatic heterocycles. The SMILES string of the molecule is CCC[C@@H]1NC(=O)N(C[NH+](C)Cc2ccc(C(=O)NC)cc2)C1=O. The number of rotatable bonds is 7. The zero-order valence-electron chi connectivity index (χ0n) is 14.4. The Hall–Kier alpha value is -2.41. The average Bonchev–Trinajstić information content (AvgIpc) is 2.83. The molecule has 4 amide bonds. The number of nitrogens with one attached hydrogen (secondary N) is 3. The number of nitrogens with zero attached hydrogens (tertiary/aromatic N) is 1. The monoisotopic (exact) mass is 333 g/mol. The maximum Gasteiger partial charge on any atom is 0.329 e. The molecule has 1 unspecified atom stereocenters. The van der Waals surface area contributed by atoms with Gasteiger partial charge in [0, 0.05) is 18.2 Å². The Bertz CT molecular complexity index is 615. The molecular weight excluding hydrogens is 308 g/mol. The van der Waals surface area contributed by atoms with Gasteiger partial charge in [-0.1, -0.05) is 25.5 Å². The number of quaternary nitrogens is 1. The third kappa shape index (κ3) is 4.11. The zero-order chi connectivity index (χ0) is 17.7. The van der Waals surface area contributed by atoms with Gasteiger partial charge in [-0.15, -0.1) is 0 Å². The highest BCUT2D eigenvalue weighted by atomic mass is 16.2. The van der Waals surface area contributed by atoms with Gasteiger partial charge in [0.25, 0.3) is 11.8 Å². The quantitative estimate of drug-likeness (QED) is 0.601. The topological polar surface area (TPSA) is 82.9 Å². The molecule has 0 radical (unpaired) electrons. The van der Waals surface area contributed by atoms with Crippen LogP contribution < -0.4 is 15.5 Å². The number of imide groups is 1. The van der Waals surface area contributed by atoms with E-state index in [1.54, 1.807) is 19.2 Å². The molecular formula is C17H25N4O3+. The summed E-state index contributed by atoms with van der Waals surface area (Å²) in [5, 5.41) is 5.31. The van der Waals surface area contributed by atoms with Crippen molar-refractivity contribution in [2.45, 2.75) is 32.4 Å². The van der Waals surface area contributed by atoms with Crippen molar-refractivity contribution in [3.8, 4) is 0 Å². The van der Waals surface area contributed by atoms with E-state index < -0.39 is 0 Å². The van der Waals surface area contributed by atoms with Crippen molar-refractivity contribution in [3.63, 3.8) is 0 Å². The van der Waals surface area contributed by atoms with Gasteiger partial charge in [0.15, 0.2) is 6.67 Å². The Morgan fingerprint density at radius 3 is 2.54 bits per heavy atom. The molecule has 0 saturated carbocycles. The van der Waals surface area contributed by atoms with E-state index in [-0.39, 0.29) is 23.9 Å². The number of hydrogen-bond donors (Lipinski definition) is 3. The minimum atomic E-state index is -0.387. The van der Waals surface area contributed by atoms with Crippen molar-refractivity contribution in [1.82, 2.24) is 15.5 Å². The van der Waals surface area contributed by atoms with Gasteiger partial charge >= 0.3 is 6.03 Å². The molecule has 0 aromatic heterocycles.